The molecule has 3 N–H and O–H groups in total. The molecule has 1 aliphatic rings. The number of likely N-dealkylation sites (N-methyl/N-ethyl adjacent to an activating group) is 1. The lowest BCUT2D eigenvalue weighted by atomic mass is 10.1. The van der Waals surface area contributed by atoms with Gasteiger partial charge < -0.3 is 4.90 Å². The van der Waals surface area contributed by atoms with E-state index in [1.54, 1.807) is 0 Å². The highest BCUT2D eigenvalue weighted by Crippen LogP contribution is 2.19. The number of rotatable bonds is 4. The van der Waals surface area contributed by atoms with E-state index in [1.165, 1.54) is 16.7 Å². The Morgan fingerprint density at radius 2 is 2.05 bits per heavy atom. The number of piperazine rings is 1. The quantitative estimate of drug-likeness (QED) is 0.569. The summed E-state index contributed by atoms with van der Waals surface area (Å²) in [6.07, 6.45) is 3.46. The van der Waals surface area contributed by atoms with Gasteiger partial charge in [-0.15, -0.1) is 0 Å². The molecular formula is C11H20N6O2S. The molecule has 0 spiro atoms. The summed E-state index contributed by atoms with van der Waals surface area (Å²) in [5.41, 5.74) is 2.27. The van der Waals surface area contributed by atoms with Crippen molar-refractivity contribution in [1.29, 1.82) is 0 Å². The summed E-state index contributed by atoms with van der Waals surface area (Å²) >= 11 is 0. The van der Waals surface area contributed by atoms with Crippen LogP contribution in [0.5, 0.6) is 0 Å². The third-order valence-corrected chi connectivity index (χ3v) is 5.42. The lowest BCUT2D eigenvalue weighted by Gasteiger charge is -2.38. The van der Waals surface area contributed by atoms with E-state index in [4.69, 9.17) is 5.84 Å². The van der Waals surface area contributed by atoms with Crippen molar-refractivity contribution in [2.24, 2.45) is 5.84 Å². The van der Waals surface area contributed by atoms with E-state index >= 15 is 0 Å². The summed E-state index contributed by atoms with van der Waals surface area (Å²) in [5, 5.41) is 0. The average Bonchev–Trinajstić information content (AvgIpc) is 2.47. The lowest BCUT2D eigenvalue weighted by Crippen LogP contribution is -2.52. The number of sulfonamides is 1. The van der Waals surface area contributed by atoms with Crippen LogP contribution in [0.3, 0.4) is 0 Å². The fourth-order valence-electron chi connectivity index (χ4n) is 2.25. The third kappa shape index (κ3) is 2.90. The molecule has 2 rings (SSSR count). The van der Waals surface area contributed by atoms with Crippen LogP contribution in [-0.2, 0) is 10.0 Å². The van der Waals surface area contributed by atoms with Gasteiger partial charge in [-0.1, -0.05) is 6.92 Å². The third-order valence-electron chi connectivity index (χ3n) is 3.61. The molecule has 9 heteroatoms. The van der Waals surface area contributed by atoms with Gasteiger partial charge >= 0.3 is 0 Å². The normalized spacial score (nSPS) is 21.9. The standard InChI is InChI=1S/C11H20N6O2S/c1-3-9-8-17(5-4-16(9)2)20(18,19)10-6-13-11(15-12)14-7-10/h6-7,9H,3-5,8,12H2,1-2H3,(H,13,14,15). The first-order chi connectivity index (χ1) is 9.48. The molecule has 0 aliphatic carbocycles. The summed E-state index contributed by atoms with van der Waals surface area (Å²) in [6.45, 7) is 3.75. The van der Waals surface area contributed by atoms with Gasteiger partial charge in [0, 0.05) is 25.7 Å². The average molecular weight is 300 g/mol. The predicted molar refractivity (Wildman–Crippen MR) is 75.3 cm³/mol. The van der Waals surface area contributed by atoms with Gasteiger partial charge in [-0.05, 0) is 13.5 Å². The van der Waals surface area contributed by atoms with Crippen LogP contribution in [-0.4, -0.2) is 60.3 Å². The van der Waals surface area contributed by atoms with E-state index < -0.39 is 10.0 Å². The first kappa shape index (κ1) is 15.1. The molecule has 1 aromatic heterocycles. The van der Waals surface area contributed by atoms with Crippen LogP contribution in [0.4, 0.5) is 5.95 Å². The molecule has 1 fully saturated rings. The van der Waals surface area contributed by atoms with Crippen LogP contribution in [0, 0.1) is 0 Å². The van der Waals surface area contributed by atoms with Crippen LogP contribution >= 0.6 is 0 Å². The number of nitrogen functional groups attached to an aromatic ring is 1. The molecule has 20 heavy (non-hydrogen) atoms. The Morgan fingerprint density at radius 1 is 1.40 bits per heavy atom. The molecule has 0 saturated carbocycles. The molecule has 1 saturated heterocycles. The maximum atomic E-state index is 12.5. The lowest BCUT2D eigenvalue weighted by molar-refractivity contribution is 0.144. The second kappa shape index (κ2) is 6.00. The van der Waals surface area contributed by atoms with Crippen molar-refractivity contribution in [3.63, 3.8) is 0 Å². The summed E-state index contributed by atoms with van der Waals surface area (Å²) in [5.74, 6) is 5.35. The van der Waals surface area contributed by atoms with Crippen molar-refractivity contribution < 1.29 is 8.42 Å². The number of anilines is 1. The van der Waals surface area contributed by atoms with Gasteiger partial charge in [0.25, 0.3) is 0 Å². The Bertz CT molecular complexity index is 547. The molecule has 0 bridgehead atoms. The zero-order chi connectivity index (χ0) is 14.8. The topological polar surface area (TPSA) is 104 Å². The number of nitrogens with one attached hydrogen (secondary N) is 1. The van der Waals surface area contributed by atoms with Crippen molar-refractivity contribution in [3.8, 4) is 0 Å². The molecular weight excluding hydrogens is 280 g/mol. The summed E-state index contributed by atoms with van der Waals surface area (Å²) in [6, 6.07) is 0.240. The highest BCUT2D eigenvalue weighted by atomic mass is 32.2. The van der Waals surface area contributed by atoms with E-state index in [2.05, 4.69) is 27.2 Å². The van der Waals surface area contributed by atoms with Crippen LogP contribution in [0.15, 0.2) is 17.3 Å². The molecule has 2 heterocycles. The van der Waals surface area contributed by atoms with Crippen molar-refractivity contribution in [2.75, 3.05) is 32.1 Å². The van der Waals surface area contributed by atoms with E-state index in [0.717, 1.165) is 13.0 Å². The zero-order valence-electron chi connectivity index (χ0n) is 11.7. The Kier molecular flexibility index (Phi) is 4.53. The largest absolute Gasteiger partial charge is 0.301 e. The van der Waals surface area contributed by atoms with Gasteiger partial charge in [-0.3, -0.25) is 5.43 Å². The Balaban J connectivity index is 2.21. The van der Waals surface area contributed by atoms with E-state index in [-0.39, 0.29) is 16.9 Å². The van der Waals surface area contributed by atoms with Gasteiger partial charge in [0.15, 0.2) is 0 Å². The Morgan fingerprint density at radius 3 is 2.60 bits per heavy atom. The summed E-state index contributed by atoms with van der Waals surface area (Å²) in [4.78, 5) is 9.98. The second-order valence-electron chi connectivity index (χ2n) is 4.79. The van der Waals surface area contributed by atoms with Gasteiger partial charge in [0.1, 0.15) is 4.90 Å². The highest BCUT2D eigenvalue weighted by molar-refractivity contribution is 7.89. The van der Waals surface area contributed by atoms with Crippen molar-refractivity contribution >= 4 is 16.0 Å². The maximum absolute atomic E-state index is 12.5. The van der Waals surface area contributed by atoms with Gasteiger partial charge in [0.2, 0.25) is 16.0 Å². The van der Waals surface area contributed by atoms with Crippen LogP contribution in [0.2, 0.25) is 0 Å². The number of hydrogen-bond donors (Lipinski definition) is 2. The van der Waals surface area contributed by atoms with E-state index in [9.17, 15) is 8.42 Å². The SMILES string of the molecule is CCC1CN(S(=O)(=O)c2cnc(NN)nc2)CCN1C. The Labute approximate surface area is 119 Å². The first-order valence-corrected chi connectivity index (χ1v) is 7.92. The fraction of sp³-hybridized carbons (Fsp3) is 0.636. The smallest absolute Gasteiger partial charge is 0.246 e. The van der Waals surface area contributed by atoms with Crippen molar-refractivity contribution in [2.45, 2.75) is 24.3 Å². The highest BCUT2D eigenvalue weighted by Gasteiger charge is 2.32. The molecule has 0 amide bonds. The fourth-order valence-corrected chi connectivity index (χ4v) is 3.61. The number of nitrogens with two attached hydrogens (primary N) is 1. The molecule has 1 unspecified atom stereocenters. The van der Waals surface area contributed by atoms with E-state index in [1.807, 2.05) is 7.05 Å². The minimum Gasteiger partial charge on any atom is -0.301 e. The number of nitrogens with zero attached hydrogens (tertiary/aromatic N) is 4. The van der Waals surface area contributed by atoms with Crippen LogP contribution in [0.1, 0.15) is 13.3 Å². The zero-order valence-corrected chi connectivity index (χ0v) is 12.5. The molecule has 1 aliphatic heterocycles. The van der Waals surface area contributed by atoms with Gasteiger partial charge in [0.05, 0.1) is 12.4 Å². The number of aromatic nitrogens is 2. The molecule has 0 aromatic carbocycles. The molecule has 0 radical (unpaired) electrons. The molecule has 1 aromatic rings. The molecule has 112 valence electrons. The van der Waals surface area contributed by atoms with E-state index in [0.29, 0.717) is 13.1 Å². The van der Waals surface area contributed by atoms with Gasteiger partial charge in [-0.25, -0.2) is 24.2 Å². The minimum atomic E-state index is -3.54. The maximum Gasteiger partial charge on any atom is 0.246 e. The monoisotopic (exact) mass is 300 g/mol. The predicted octanol–water partition coefficient (Wildman–Crippen LogP) is -0.523. The minimum absolute atomic E-state index is 0.0934. The summed E-state index contributed by atoms with van der Waals surface area (Å²) < 4.78 is 26.6. The van der Waals surface area contributed by atoms with Crippen LogP contribution < -0.4 is 11.3 Å². The molecule has 8 nitrogen and oxygen atoms in total. The van der Waals surface area contributed by atoms with Crippen molar-refractivity contribution in [1.82, 2.24) is 19.2 Å². The number of hydrazine groups is 1. The molecule has 1 atom stereocenters. The second-order valence-corrected chi connectivity index (χ2v) is 6.73. The van der Waals surface area contributed by atoms with Crippen molar-refractivity contribution in [3.05, 3.63) is 12.4 Å². The van der Waals surface area contributed by atoms with Gasteiger partial charge in [-0.2, -0.15) is 4.31 Å². The van der Waals surface area contributed by atoms with Crippen LogP contribution in [0.25, 0.3) is 0 Å². The number of hydrogen-bond acceptors (Lipinski definition) is 7. The first-order valence-electron chi connectivity index (χ1n) is 6.48. The Hall–Kier alpha value is -1.29. The summed E-state index contributed by atoms with van der Waals surface area (Å²) in [7, 11) is -1.52.